The highest BCUT2D eigenvalue weighted by Gasteiger charge is 2.32. The van der Waals surface area contributed by atoms with Crippen LogP contribution >= 0.6 is 0 Å². The van der Waals surface area contributed by atoms with Gasteiger partial charge >= 0.3 is 0 Å². The number of rotatable bonds is 7. The Morgan fingerprint density at radius 2 is 1.86 bits per heavy atom. The lowest BCUT2D eigenvalue weighted by Gasteiger charge is -2.34. The van der Waals surface area contributed by atoms with Crippen molar-refractivity contribution in [1.82, 2.24) is 4.31 Å². The Kier molecular flexibility index (Phi) is 6.92. The van der Waals surface area contributed by atoms with E-state index in [1.165, 1.54) is 0 Å². The van der Waals surface area contributed by atoms with Crippen molar-refractivity contribution in [3.63, 3.8) is 0 Å². The monoisotopic (exact) mass is 416 g/mol. The Morgan fingerprint density at radius 1 is 1.14 bits per heavy atom. The molecule has 2 aromatic rings. The summed E-state index contributed by atoms with van der Waals surface area (Å²) in [7, 11) is -1.95. The quantitative estimate of drug-likeness (QED) is 0.744. The van der Waals surface area contributed by atoms with Crippen molar-refractivity contribution >= 4 is 21.6 Å². The van der Waals surface area contributed by atoms with Gasteiger partial charge in [0.05, 0.1) is 18.4 Å². The molecule has 0 spiro atoms. The average Bonchev–Trinajstić information content (AvgIpc) is 2.74. The van der Waals surface area contributed by atoms with E-state index in [1.807, 2.05) is 31.2 Å². The molecule has 1 heterocycles. The zero-order chi connectivity index (χ0) is 20.9. The van der Waals surface area contributed by atoms with Gasteiger partial charge in [0.25, 0.3) is 0 Å². The minimum atomic E-state index is -3.52. The number of benzene rings is 2. The molecule has 0 radical (unpaired) electrons. The third-order valence-electron chi connectivity index (χ3n) is 5.33. The molecule has 1 saturated heterocycles. The van der Waals surface area contributed by atoms with Gasteiger partial charge in [-0.15, -0.1) is 0 Å². The van der Waals surface area contributed by atoms with Crippen molar-refractivity contribution < 1.29 is 17.9 Å². The molecular formula is C22H28N2O4S. The van der Waals surface area contributed by atoms with E-state index in [-0.39, 0.29) is 23.3 Å². The summed E-state index contributed by atoms with van der Waals surface area (Å²) >= 11 is 0. The molecule has 6 nitrogen and oxygen atoms in total. The predicted molar refractivity (Wildman–Crippen MR) is 114 cm³/mol. The first-order chi connectivity index (χ1) is 14.0. The maximum Gasteiger partial charge on any atom is 0.243 e. The molecule has 1 amide bonds. The van der Waals surface area contributed by atoms with Gasteiger partial charge in [0.1, 0.15) is 5.75 Å². The van der Waals surface area contributed by atoms with Gasteiger partial charge in [-0.25, -0.2) is 8.42 Å². The highest BCUT2D eigenvalue weighted by Crippen LogP contribution is 2.27. The summed E-state index contributed by atoms with van der Waals surface area (Å²) in [5.41, 5.74) is 1.36. The van der Waals surface area contributed by atoms with Crippen molar-refractivity contribution in [2.45, 2.75) is 50.0 Å². The van der Waals surface area contributed by atoms with Crippen LogP contribution in [0.3, 0.4) is 0 Å². The van der Waals surface area contributed by atoms with Gasteiger partial charge in [0.15, 0.2) is 0 Å². The van der Waals surface area contributed by atoms with Crippen LogP contribution in [0, 0.1) is 0 Å². The summed E-state index contributed by atoms with van der Waals surface area (Å²) in [6.45, 7) is 2.59. The fourth-order valence-corrected chi connectivity index (χ4v) is 5.54. The Balaban J connectivity index is 1.69. The van der Waals surface area contributed by atoms with Crippen molar-refractivity contribution in [2.75, 3.05) is 19.0 Å². The number of methoxy groups -OCH3 is 1. The Bertz CT molecular complexity index is 942. The van der Waals surface area contributed by atoms with Crippen molar-refractivity contribution in [1.29, 1.82) is 0 Å². The molecule has 29 heavy (non-hydrogen) atoms. The molecule has 1 N–H and O–H groups in total. The molecule has 3 rings (SSSR count). The molecule has 0 aliphatic carbocycles. The SMILES string of the molecule is CCC1CCCCN1S(=O)(=O)c1ccc(NC(=O)Cc2ccccc2OC)cc1. The van der Waals surface area contributed by atoms with E-state index in [4.69, 9.17) is 4.74 Å². The highest BCUT2D eigenvalue weighted by molar-refractivity contribution is 7.89. The third kappa shape index (κ3) is 4.97. The number of hydrogen-bond donors (Lipinski definition) is 1. The summed E-state index contributed by atoms with van der Waals surface area (Å²) in [5, 5.41) is 2.82. The molecule has 1 fully saturated rings. The van der Waals surface area contributed by atoms with E-state index in [2.05, 4.69) is 5.32 Å². The molecule has 156 valence electrons. The first-order valence-corrected chi connectivity index (χ1v) is 11.4. The molecule has 0 aromatic heterocycles. The van der Waals surface area contributed by atoms with E-state index in [9.17, 15) is 13.2 Å². The van der Waals surface area contributed by atoms with Gasteiger partial charge < -0.3 is 10.1 Å². The Labute approximate surface area is 172 Å². The van der Waals surface area contributed by atoms with Gasteiger partial charge in [-0.3, -0.25) is 4.79 Å². The molecule has 0 saturated carbocycles. The Hall–Kier alpha value is -2.38. The molecule has 2 aromatic carbocycles. The minimum Gasteiger partial charge on any atom is -0.496 e. The molecule has 0 bridgehead atoms. The normalized spacial score (nSPS) is 17.7. The smallest absolute Gasteiger partial charge is 0.243 e. The second kappa shape index (κ2) is 9.41. The number of piperidine rings is 1. The number of anilines is 1. The predicted octanol–water partition coefficient (Wildman–Crippen LogP) is 3.83. The van der Waals surface area contributed by atoms with Crippen molar-refractivity contribution in [2.24, 2.45) is 0 Å². The Morgan fingerprint density at radius 3 is 2.55 bits per heavy atom. The summed E-state index contributed by atoms with van der Waals surface area (Å²) in [4.78, 5) is 12.6. The zero-order valence-corrected chi connectivity index (χ0v) is 17.7. The number of hydrogen-bond acceptors (Lipinski definition) is 4. The first-order valence-electron chi connectivity index (χ1n) is 9.99. The maximum atomic E-state index is 13.0. The standard InChI is InChI=1S/C22H28N2O4S/c1-3-19-9-6-7-15-24(19)29(26,27)20-13-11-18(12-14-20)23-22(25)16-17-8-4-5-10-21(17)28-2/h4-5,8,10-14,19H,3,6-7,9,15-16H2,1-2H3,(H,23,25). The van der Waals surface area contributed by atoms with Crippen molar-refractivity contribution in [3.8, 4) is 5.75 Å². The summed E-state index contributed by atoms with van der Waals surface area (Å²) < 4.78 is 33.0. The van der Waals surface area contributed by atoms with Crippen molar-refractivity contribution in [3.05, 3.63) is 54.1 Å². The van der Waals surface area contributed by atoms with Crippen LogP contribution in [-0.4, -0.2) is 38.3 Å². The van der Waals surface area contributed by atoms with E-state index >= 15 is 0 Å². The zero-order valence-electron chi connectivity index (χ0n) is 16.9. The molecule has 7 heteroatoms. The van der Waals surface area contributed by atoms with Crippen LogP contribution in [0.25, 0.3) is 0 Å². The van der Waals surface area contributed by atoms with Crippen LogP contribution in [0.15, 0.2) is 53.4 Å². The lowest BCUT2D eigenvalue weighted by Crippen LogP contribution is -2.43. The highest BCUT2D eigenvalue weighted by atomic mass is 32.2. The second-order valence-corrected chi connectivity index (χ2v) is 9.13. The molecule has 1 aliphatic rings. The van der Waals surface area contributed by atoms with Gasteiger partial charge in [-0.1, -0.05) is 31.5 Å². The minimum absolute atomic E-state index is 0.0639. The third-order valence-corrected chi connectivity index (χ3v) is 7.30. The largest absolute Gasteiger partial charge is 0.496 e. The van der Waals surface area contributed by atoms with E-state index in [0.717, 1.165) is 31.2 Å². The van der Waals surface area contributed by atoms with Crippen LogP contribution in [0.2, 0.25) is 0 Å². The first kappa shape index (κ1) is 21.3. The van der Waals surface area contributed by atoms with Crippen LogP contribution in [0.4, 0.5) is 5.69 Å². The second-order valence-electron chi connectivity index (χ2n) is 7.23. The molecule has 1 aliphatic heterocycles. The molecule has 1 atom stereocenters. The molecular weight excluding hydrogens is 388 g/mol. The summed E-state index contributed by atoms with van der Waals surface area (Å²) in [5.74, 6) is 0.475. The topological polar surface area (TPSA) is 75.7 Å². The van der Waals surface area contributed by atoms with Crippen LogP contribution in [0.5, 0.6) is 5.75 Å². The fraction of sp³-hybridized carbons (Fsp3) is 0.409. The average molecular weight is 417 g/mol. The summed E-state index contributed by atoms with van der Waals surface area (Å²) in [6.07, 6.45) is 3.87. The number of nitrogens with one attached hydrogen (secondary N) is 1. The fourth-order valence-electron chi connectivity index (χ4n) is 3.77. The van der Waals surface area contributed by atoms with Crippen LogP contribution in [0.1, 0.15) is 38.2 Å². The van der Waals surface area contributed by atoms with Gasteiger partial charge in [0, 0.05) is 23.8 Å². The molecule has 1 unspecified atom stereocenters. The maximum absolute atomic E-state index is 13.0. The van der Waals surface area contributed by atoms with E-state index < -0.39 is 10.0 Å². The number of carbonyl (C=O) groups excluding carboxylic acids is 1. The summed E-state index contributed by atoms with van der Waals surface area (Å²) in [6, 6.07) is 13.8. The van der Waals surface area contributed by atoms with E-state index in [1.54, 1.807) is 35.7 Å². The number of para-hydroxylation sites is 1. The number of ether oxygens (including phenoxy) is 1. The van der Waals surface area contributed by atoms with Gasteiger partial charge in [-0.2, -0.15) is 4.31 Å². The van der Waals surface area contributed by atoms with Gasteiger partial charge in [-0.05, 0) is 49.6 Å². The lowest BCUT2D eigenvalue weighted by atomic mass is 10.0. The number of sulfonamides is 1. The number of amides is 1. The van der Waals surface area contributed by atoms with Crippen LogP contribution in [-0.2, 0) is 21.2 Å². The van der Waals surface area contributed by atoms with Crippen LogP contribution < -0.4 is 10.1 Å². The number of nitrogens with zero attached hydrogens (tertiary/aromatic N) is 1. The lowest BCUT2D eigenvalue weighted by molar-refractivity contribution is -0.115. The van der Waals surface area contributed by atoms with Gasteiger partial charge in [0.2, 0.25) is 15.9 Å². The van der Waals surface area contributed by atoms with E-state index in [0.29, 0.717) is 18.0 Å². The number of carbonyl (C=O) groups is 1.